The van der Waals surface area contributed by atoms with Crippen LogP contribution < -0.4 is 5.32 Å². The molecular formula is C16H14ClN3O2. The predicted octanol–water partition coefficient (Wildman–Crippen LogP) is 3.26. The molecule has 0 spiro atoms. The van der Waals surface area contributed by atoms with Gasteiger partial charge in [0.25, 0.3) is 0 Å². The van der Waals surface area contributed by atoms with Crippen molar-refractivity contribution in [3.05, 3.63) is 52.3 Å². The van der Waals surface area contributed by atoms with Crippen molar-refractivity contribution in [2.24, 2.45) is 0 Å². The highest BCUT2D eigenvalue weighted by Gasteiger charge is 2.35. The Labute approximate surface area is 132 Å². The van der Waals surface area contributed by atoms with E-state index in [9.17, 15) is 9.90 Å². The standard InChI is InChI=1S/C16H14ClN3O2/c17-10-8-9(4-5-12(10)21)16-15-11(2-1-3-13(15)22)19-14-6-7-18-20(14)16/h4-8,16,19,21H,1-3H2. The van der Waals surface area contributed by atoms with Crippen LogP contribution in [0.25, 0.3) is 0 Å². The van der Waals surface area contributed by atoms with Crippen LogP contribution in [0.15, 0.2) is 41.7 Å². The average molecular weight is 316 g/mol. The largest absolute Gasteiger partial charge is 0.506 e. The number of anilines is 1. The fourth-order valence-electron chi connectivity index (χ4n) is 3.21. The first-order chi connectivity index (χ1) is 10.6. The second-order valence-electron chi connectivity index (χ2n) is 5.57. The third kappa shape index (κ3) is 1.93. The lowest BCUT2D eigenvalue weighted by atomic mass is 9.85. The van der Waals surface area contributed by atoms with Crippen molar-refractivity contribution < 1.29 is 9.90 Å². The van der Waals surface area contributed by atoms with Crippen LogP contribution in [0.5, 0.6) is 5.75 Å². The molecule has 2 heterocycles. The number of phenols is 1. The van der Waals surface area contributed by atoms with E-state index in [-0.39, 0.29) is 22.6 Å². The lowest BCUT2D eigenvalue weighted by Gasteiger charge is -2.33. The summed E-state index contributed by atoms with van der Waals surface area (Å²) in [5.74, 6) is 1.04. The van der Waals surface area contributed by atoms with Crippen LogP contribution >= 0.6 is 11.6 Å². The highest BCUT2D eigenvalue weighted by molar-refractivity contribution is 6.32. The summed E-state index contributed by atoms with van der Waals surface area (Å²) in [5.41, 5.74) is 2.57. The van der Waals surface area contributed by atoms with E-state index < -0.39 is 0 Å². The summed E-state index contributed by atoms with van der Waals surface area (Å²) in [6, 6.07) is 6.63. The third-order valence-corrected chi connectivity index (χ3v) is 4.51. The van der Waals surface area contributed by atoms with Crippen LogP contribution in [0.4, 0.5) is 5.82 Å². The Hall–Kier alpha value is -2.27. The molecule has 2 N–H and O–H groups in total. The Kier molecular flexibility index (Phi) is 2.97. The van der Waals surface area contributed by atoms with Crippen LogP contribution in [-0.4, -0.2) is 20.7 Å². The number of Topliss-reactive ketones (excluding diaryl/α,β-unsaturated/α-hetero) is 1. The number of nitrogens with one attached hydrogen (secondary N) is 1. The highest BCUT2D eigenvalue weighted by atomic mass is 35.5. The first-order valence-electron chi connectivity index (χ1n) is 7.20. The lowest BCUT2D eigenvalue weighted by Crippen LogP contribution is -2.31. The smallest absolute Gasteiger partial charge is 0.163 e. The van der Waals surface area contributed by atoms with Crippen LogP contribution in [0.3, 0.4) is 0 Å². The molecule has 5 nitrogen and oxygen atoms in total. The average Bonchev–Trinajstić information content (AvgIpc) is 2.96. The minimum Gasteiger partial charge on any atom is -0.506 e. The summed E-state index contributed by atoms with van der Waals surface area (Å²) in [6.45, 7) is 0. The van der Waals surface area contributed by atoms with Gasteiger partial charge in [0.1, 0.15) is 17.6 Å². The molecule has 6 heteroatoms. The number of aromatic hydroxyl groups is 1. The zero-order valence-electron chi connectivity index (χ0n) is 11.7. The third-order valence-electron chi connectivity index (χ3n) is 4.21. The molecule has 0 saturated carbocycles. The molecule has 1 atom stereocenters. The normalized spacial score (nSPS) is 20.4. The number of nitrogens with zero attached hydrogens (tertiary/aromatic N) is 2. The van der Waals surface area contributed by atoms with E-state index in [4.69, 9.17) is 11.6 Å². The van der Waals surface area contributed by atoms with Gasteiger partial charge in [-0.25, -0.2) is 4.68 Å². The number of phenolic OH excluding ortho intramolecular Hbond substituents is 1. The van der Waals surface area contributed by atoms with Gasteiger partial charge in [0.15, 0.2) is 5.78 Å². The first kappa shape index (κ1) is 13.4. The number of hydrogen-bond donors (Lipinski definition) is 2. The number of carbonyl (C=O) groups is 1. The van der Waals surface area contributed by atoms with Gasteiger partial charge in [0.05, 0.1) is 11.2 Å². The van der Waals surface area contributed by atoms with Gasteiger partial charge >= 0.3 is 0 Å². The maximum absolute atomic E-state index is 12.5. The molecule has 1 unspecified atom stereocenters. The molecule has 1 aliphatic heterocycles. The molecule has 0 amide bonds. The van der Waals surface area contributed by atoms with Crippen molar-refractivity contribution in [1.29, 1.82) is 0 Å². The number of carbonyl (C=O) groups excluding carboxylic acids is 1. The van der Waals surface area contributed by atoms with E-state index in [1.54, 1.807) is 29.1 Å². The number of ketones is 1. The van der Waals surface area contributed by atoms with Gasteiger partial charge < -0.3 is 10.4 Å². The van der Waals surface area contributed by atoms with Crippen molar-refractivity contribution in [3.8, 4) is 5.75 Å². The van der Waals surface area contributed by atoms with Crippen molar-refractivity contribution in [2.75, 3.05) is 5.32 Å². The fourth-order valence-corrected chi connectivity index (χ4v) is 3.40. The van der Waals surface area contributed by atoms with E-state index in [1.165, 1.54) is 0 Å². The van der Waals surface area contributed by atoms with Gasteiger partial charge in [0.2, 0.25) is 0 Å². The molecule has 2 aromatic rings. The second-order valence-corrected chi connectivity index (χ2v) is 5.98. The molecule has 1 aliphatic carbocycles. The van der Waals surface area contributed by atoms with Gasteiger partial charge in [-0.05, 0) is 30.5 Å². The molecular weight excluding hydrogens is 302 g/mol. The molecule has 0 fully saturated rings. The lowest BCUT2D eigenvalue weighted by molar-refractivity contribution is -0.116. The molecule has 0 saturated heterocycles. The number of benzene rings is 1. The van der Waals surface area contributed by atoms with Gasteiger partial charge in [-0.2, -0.15) is 5.10 Å². The summed E-state index contributed by atoms with van der Waals surface area (Å²) in [4.78, 5) is 12.5. The molecule has 1 aromatic heterocycles. The monoisotopic (exact) mass is 315 g/mol. The molecule has 0 radical (unpaired) electrons. The topological polar surface area (TPSA) is 67.1 Å². The van der Waals surface area contributed by atoms with Gasteiger partial charge in [-0.15, -0.1) is 0 Å². The highest BCUT2D eigenvalue weighted by Crippen LogP contribution is 2.41. The Morgan fingerprint density at radius 1 is 1.32 bits per heavy atom. The number of fused-ring (bicyclic) bond motifs is 1. The fraction of sp³-hybridized carbons (Fsp3) is 0.250. The summed E-state index contributed by atoms with van der Waals surface area (Å²) < 4.78 is 1.80. The van der Waals surface area contributed by atoms with E-state index >= 15 is 0 Å². The van der Waals surface area contributed by atoms with Gasteiger partial charge in [0, 0.05) is 23.8 Å². The zero-order chi connectivity index (χ0) is 15.3. The Bertz CT molecular complexity index is 809. The molecule has 4 rings (SSSR count). The van der Waals surface area contributed by atoms with E-state index in [1.807, 2.05) is 6.07 Å². The van der Waals surface area contributed by atoms with Crippen LogP contribution in [-0.2, 0) is 4.79 Å². The Morgan fingerprint density at radius 2 is 2.18 bits per heavy atom. The summed E-state index contributed by atoms with van der Waals surface area (Å²) in [6.07, 6.45) is 3.98. The van der Waals surface area contributed by atoms with E-state index in [2.05, 4.69) is 10.4 Å². The Balaban J connectivity index is 1.92. The molecule has 22 heavy (non-hydrogen) atoms. The van der Waals surface area contributed by atoms with Crippen molar-refractivity contribution in [2.45, 2.75) is 25.3 Å². The van der Waals surface area contributed by atoms with E-state index in [0.29, 0.717) is 6.42 Å². The molecule has 2 aliphatic rings. The number of halogens is 1. The van der Waals surface area contributed by atoms with Gasteiger partial charge in [-0.1, -0.05) is 17.7 Å². The number of rotatable bonds is 1. The van der Waals surface area contributed by atoms with Crippen LogP contribution in [0.1, 0.15) is 30.9 Å². The quantitative estimate of drug-likeness (QED) is 0.847. The van der Waals surface area contributed by atoms with Crippen molar-refractivity contribution in [3.63, 3.8) is 0 Å². The van der Waals surface area contributed by atoms with Crippen LogP contribution in [0.2, 0.25) is 5.02 Å². The first-order valence-corrected chi connectivity index (χ1v) is 7.58. The van der Waals surface area contributed by atoms with Crippen molar-refractivity contribution >= 4 is 23.2 Å². The molecule has 0 bridgehead atoms. The van der Waals surface area contributed by atoms with Crippen LogP contribution in [0, 0.1) is 0 Å². The second kappa shape index (κ2) is 4.88. The number of hydrogen-bond acceptors (Lipinski definition) is 4. The maximum Gasteiger partial charge on any atom is 0.163 e. The number of allylic oxidation sites excluding steroid dienone is 2. The predicted molar refractivity (Wildman–Crippen MR) is 83.0 cm³/mol. The summed E-state index contributed by atoms with van der Waals surface area (Å²) in [7, 11) is 0. The SMILES string of the molecule is O=C1CCCC2=C1C(c1ccc(O)c(Cl)c1)n1nccc1N2. The van der Waals surface area contributed by atoms with E-state index in [0.717, 1.165) is 35.5 Å². The zero-order valence-corrected chi connectivity index (χ0v) is 12.5. The summed E-state index contributed by atoms with van der Waals surface area (Å²) >= 11 is 6.05. The Morgan fingerprint density at radius 3 is 3.00 bits per heavy atom. The minimum absolute atomic E-state index is 0.0317. The van der Waals surface area contributed by atoms with Crippen molar-refractivity contribution in [1.82, 2.24) is 9.78 Å². The molecule has 112 valence electrons. The maximum atomic E-state index is 12.5. The number of aromatic nitrogens is 2. The minimum atomic E-state index is -0.299. The summed E-state index contributed by atoms with van der Waals surface area (Å²) in [5, 5.41) is 17.6. The molecule has 1 aromatic carbocycles. The van der Waals surface area contributed by atoms with Gasteiger partial charge in [-0.3, -0.25) is 4.79 Å².